The van der Waals surface area contributed by atoms with Crippen molar-refractivity contribution in [1.82, 2.24) is 10.2 Å². The highest BCUT2D eigenvalue weighted by Crippen LogP contribution is 2.18. The van der Waals surface area contributed by atoms with Crippen LogP contribution in [0.1, 0.15) is 44.0 Å². The Bertz CT molecular complexity index is 675. The van der Waals surface area contributed by atoms with Gasteiger partial charge in [0.1, 0.15) is 0 Å². The molecule has 0 saturated carbocycles. The number of esters is 1. The monoisotopic (exact) mass is 375 g/mol. The second-order valence-corrected chi connectivity index (χ2v) is 7.09. The molecule has 0 spiro atoms. The topological polar surface area (TPSA) is 87.7 Å². The van der Waals surface area contributed by atoms with Crippen molar-refractivity contribution in [1.29, 1.82) is 0 Å². The maximum absolute atomic E-state index is 12.6. The average molecular weight is 375 g/mol. The second kappa shape index (κ2) is 9.94. The number of carbonyl (C=O) groups is 3. The van der Waals surface area contributed by atoms with Gasteiger partial charge in [0.05, 0.1) is 12.2 Å². The number of amides is 3. The second-order valence-electron chi connectivity index (χ2n) is 7.09. The molecule has 2 N–H and O–H groups in total. The van der Waals surface area contributed by atoms with Crippen molar-refractivity contribution in [2.75, 3.05) is 31.6 Å². The molecule has 0 unspecified atom stereocenters. The number of benzene rings is 1. The number of ether oxygens (including phenoxy) is 1. The predicted molar refractivity (Wildman–Crippen MR) is 104 cm³/mol. The molecule has 1 aliphatic heterocycles. The summed E-state index contributed by atoms with van der Waals surface area (Å²) in [4.78, 5) is 37.9. The molecule has 1 atom stereocenters. The first-order valence-electron chi connectivity index (χ1n) is 9.51. The Labute approximate surface area is 160 Å². The third-order valence-electron chi connectivity index (χ3n) is 4.52. The summed E-state index contributed by atoms with van der Waals surface area (Å²) in [5.41, 5.74) is 0.961. The molecule has 1 aromatic carbocycles. The van der Waals surface area contributed by atoms with E-state index in [9.17, 15) is 14.4 Å². The van der Waals surface area contributed by atoms with Crippen molar-refractivity contribution in [3.05, 3.63) is 29.8 Å². The van der Waals surface area contributed by atoms with Crippen molar-refractivity contribution < 1.29 is 19.1 Å². The zero-order chi connectivity index (χ0) is 19.8. The van der Waals surface area contributed by atoms with Gasteiger partial charge >= 0.3 is 12.0 Å². The van der Waals surface area contributed by atoms with E-state index in [1.807, 2.05) is 13.8 Å². The summed E-state index contributed by atoms with van der Waals surface area (Å²) in [5.74, 6) is -0.169. The highest BCUT2D eigenvalue weighted by molar-refractivity contribution is 5.94. The first kappa shape index (κ1) is 20.7. The van der Waals surface area contributed by atoms with Gasteiger partial charge in [-0.05, 0) is 43.9 Å². The van der Waals surface area contributed by atoms with Crippen LogP contribution < -0.4 is 10.6 Å². The molecule has 0 aliphatic carbocycles. The molecular weight excluding hydrogens is 346 g/mol. The Balaban J connectivity index is 1.90. The summed E-state index contributed by atoms with van der Waals surface area (Å²) in [7, 11) is 0. The lowest BCUT2D eigenvalue weighted by molar-refractivity contribution is -0.124. The molecule has 0 bridgehead atoms. The summed E-state index contributed by atoms with van der Waals surface area (Å²) in [6, 6.07) is 6.52. The van der Waals surface area contributed by atoms with Gasteiger partial charge < -0.3 is 20.3 Å². The number of nitrogens with zero attached hydrogens (tertiary/aromatic N) is 1. The molecule has 1 saturated heterocycles. The third kappa shape index (κ3) is 6.27. The smallest absolute Gasteiger partial charge is 0.338 e. The van der Waals surface area contributed by atoms with E-state index in [1.54, 1.807) is 36.1 Å². The third-order valence-corrected chi connectivity index (χ3v) is 4.52. The van der Waals surface area contributed by atoms with E-state index in [0.717, 1.165) is 12.8 Å². The molecule has 7 heteroatoms. The van der Waals surface area contributed by atoms with Crippen LogP contribution in [0.25, 0.3) is 0 Å². The number of piperidine rings is 1. The minimum Gasteiger partial charge on any atom is -0.462 e. The van der Waals surface area contributed by atoms with Crippen molar-refractivity contribution in [2.45, 2.75) is 33.6 Å². The normalized spacial score (nSPS) is 16.7. The van der Waals surface area contributed by atoms with E-state index in [-0.39, 0.29) is 23.8 Å². The van der Waals surface area contributed by atoms with E-state index < -0.39 is 5.97 Å². The lowest BCUT2D eigenvalue weighted by atomic mass is 9.98. The summed E-state index contributed by atoms with van der Waals surface area (Å²) in [5, 5.41) is 5.79. The van der Waals surface area contributed by atoms with Gasteiger partial charge in [0.2, 0.25) is 5.91 Å². The number of carbonyl (C=O) groups excluding carboxylic acids is 3. The van der Waals surface area contributed by atoms with Crippen LogP contribution in [-0.4, -0.2) is 49.0 Å². The zero-order valence-corrected chi connectivity index (χ0v) is 16.3. The fourth-order valence-electron chi connectivity index (χ4n) is 3.01. The van der Waals surface area contributed by atoms with Crippen LogP contribution in [0.15, 0.2) is 24.3 Å². The van der Waals surface area contributed by atoms with Crippen LogP contribution in [0, 0.1) is 11.8 Å². The molecule has 1 aromatic rings. The van der Waals surface area contributed by atoms with Gasteiger partial charge in [-0.1, -0.05) is 19.9 Å². The highest BCUT2D eigenvalue weighted by atomic mass is 16.5. The number of likely N-dealkylation sites (tertiary alicyclic amines) is 1. The summed E-state index contributed by atoms with van der Waals surface area (Å²) in [6.45, 7) is 7.64. The Morgan fingerprint density at radius 2 is 2.07 bits per heavy atom. The molecule has 1 aliphatic rings. The number of urea groups is 1. The number of nitrogens with one attached hydrogen (secondary N) is 2. The standard InChI is InChI=1S/C20H29N3O4/c1-4-27-19(25)16-8-5-9-17(11-16)22-20(26)23-10-6-7-15(13-23)12-21-18(24)14(2)3/h5,8-9,11,14-15H,4,6-7,10,12-13H2,1-3H3,(H,21,24)(H,22,26)/t15-/m0/s1. The Morgan fingerprint density at radius 1 is 1.30 bits per heavy atom. The van der Waals surface area contributed by atoms with E-state index >= 15 is 0 Å². The van der Waals surface area contributed by atoms with Crippen molar-refractivity contribution in [3.8, 4) is 0 Å². The van der Waals surface area contributed by atoms with Crippen LogP contribution in [0.2, 0.25) is 0 Å². The maximum atomic E-state index is 12.6. The molecule has 2 rings (SSSR count). The summed E-state index contributed by atoms with van der Waals surface area (Å²) < 4.78 is 4.98. The largest absolute Gasteiger partial charge is 0.462 e. The quantitative estimate of drug-likeness (QED) is 0.749. The fourth-order valence-corrected chi connectivity index (χ4v) is 3.01. The van der Waals surface area contributed by atoms with E-state index in [2.05, 4.69) is 10.6 Å². The molecule has 7 nitrogen and oxygen atoms in total. The van der Waals surface area contributed by atoms with Crippen molar-refractivity contribution in [2.24, 2.45) is 11.8 Å². The average Bonchev–Trinajstić information content (AvgIpc) is 2.66. The molecule has 1 heterocycles. The highest BCUT2D eigenvalue weighted by Gasteiger charge is 2.24. The van der Waals surface area contributed by atoms with Gasteiger partial charge in [-0.2, -0.15) is 0 Å². The first-order chi connectivity index (χ1) is 12.9. The molecule has 0 radical (unpaired) electrons. The predicted octanol–water partition coefficient (Wildman–Crippen LogP) is 2.88. The number of hydrogen-bond donors (Lipinski definition) is 2. The number of anilines is 1. The summed E-state index contributed by atoms with van der Waals surface area (Å²) >= 11 is 0. The zero-order valence-electron chi connectivity index (χ0n) is 16.3. The van der Waals surface area contributed by atoms with Crippen LogP contribution >= 0.6 is 0 Å². The SMILES string of the molecule is CCOC(=O)c1cccc(NC(=O)N2CCC[C@@H](CNC(=O)C(C)C)C2)c1. The minimum absolute atomic E-state index is 0.0346. The van der Waals surface area contributed by atoms with Crippen molar-refractivity contribution in [3.63, 3.8) is 0 Å². The Morgan fingerprint density at radius 3 is 2.78 bits per heavy atom. The molecular formula is C20H29N3O4. The van der Waals surface area contributed by atoms with Crippen LogP contribution in [0.5, 0.6) is 0 Å². The molecule has 148 valence electrons. The van der Waals surface area contributed by atoms with E-state index in [0.29, 0.717) is 37.5 Å². The van der Waals surface area contributed by atoms with Crippen LogP contribution in [0.4, 0.5) is 10.5 Å². The van der Waals surface area contributed by atoms with Gasteiger partial charge in [-0.25, -0.2) is 9.59 Å². The number of rotatable bonds is 6. The van der Waals surface area contributed by atoms with E-state index in [1.165, 1.54) is 0 Å². The Hall–Kier alpha value is -2.57. The fraction of sp³-hybridized carbons (Fsp3) is 0.550. The van der Waals surface area contributed by atoms with Gasteiger partial charge in [0, 0.05) is 31.2 Å². The lowest BCUT2D eigenvalue weighted by Gasteiger charge is -2.33. The van der Waals surface area contributed by atoms with E-state index in [4.69, 9.17) is 4.74 Å². The van der Waals surface area contributed by atoms with Gasteiger partial charge in [-0.15, -0.1) is 0 Å². The van der Waals surface area contributed by atoms with Gasteiger partial charge in [0.15, 0.2) is 0 Å². The summed E-state index contributed by atoms with van der Waals surface area (Å²) in [6.07, 6.45) is 1.89. The van der Waals surface area contributed by atoms with Crippen molar-refractivity contribution >= 4 is 23.6 Å². The maximum Gasteiger partial charge on any atom is 0.338 e. The molecule has 27 heavy (non-hydrogen) atoms. The van der Waals surface area contributed by atoms with Gasteiger partial charge in [0.25, 0.3) is 0 Å². The Kier molecular flexibility index (Phi) is 7.64. The molecule has 1 fully saturated rings. The van der Waals surface area contributed by atoms with Gasteiger partial charge in [-0.3, -0.25) is 4.79 Å². The first-order valence-corrected chi connectivity index (χ1v) is 9.51. The van der Waals surface area contributed by atoms with Crippen LogP contribution in [0.3, 0.4) is 0 Å². The molecule has 3 amide bonds. The molecule has 0 aromatic heterocycles. The minimum atomic E-state index is -0.410. The number of hydrogen-bond acceptors (Lipinski definition) is 4. The van der Waals surface area contributed by atoms with Crippen LogP contribution in [-0.2, 0) is 9.53 Å². The lowest BCUT2D eigenvalue weighted by Crippen LogP contribution is -2.45.